The topological polar surface area (TPSA) is 110 Å². The van der Waals surface area contributed by atoms with Gasteiger partial charge in [0.2, 0.25) is 0 Å². The Kier molecular flexibility index (Phi) is 79.3. The summed E-state index contributed by atoms with van der Waals surface area (Å²) in [6.07, 6.45) is 0. The van der Waals surface area contributed by atoms with Crippen LogP contribution < -0.4 is 59.1 Å². The summed E-state index contributed by atoms with van der Waals surface area (Å²) in [7, 11) is 0. The van der Waals surface area contributed by atoms with Crippen molar-refractivity contribution in [3.05, 3.63) is 0 Å². The summed E-state index contributed by atoms with van der Waals surface area (Å²) in [6, 6.07) is 0. The minimum absolute atomic E-state index is 0. The van der Waals surface area contributed by atoms with Crippen molar-refractivity contribution < 1.29 is 85.0 Å². The predicted molar refractivity (Wildman–Crippen MR) is 28.9 cm³/mol. The third-order valence-corrected chi connectivity index (χ3v) is 0.471. The fourth-order valence-electron chi connectivity index (χ4n) is 0.231. The van der Waals surface area contributed by atoms with Crippen molar-refractivity contribution >= 4 is 0 Å². The van der Waals surface area contributed by atoms with Gasteiger partial charge in [0.05, 0.1) is 26.4 Å². The van der Waals surface area contributed by atoms with E-state index in [0.29, 0.717) is 13.2 Å². The van der Waals surface area contributed by atoms with Crippen molar-refractivity contribution in [2.75, 3.05) is 26.4 Å². The maximum absolute atomic E-state index is 8.09. The first-order valence-corrected chi connectivity index (χ1v) is 2.21. The van der Waals surface area contributed by atoms with E-state index >= 15 is 0 Å². The SMILES string of the molecule is OCCOCCO.[Na+].[Na+].[OH-].[OH-]. The van der Waals surface area contributed by atoms with Crippen LogP contribution in [-0.2, 0) is 4.74 Å². The van der Waals surface area contributed by atoms with Crippen molar-refractivity contribution in [1.82, 2.24) is 0 Å². The Morgan fingerprint density at radius 2 is 1.09 bits per heavy atom. The third-order valence-electron chi connectivity index (χ3n) is 0.471. The zero-order valence-electron chi connectivity index (χ0n) is 7.03. The van der Waals surface area contributed by atoms with E-state index < -0.39 is 0 Å². The van der Waals surface area contributed by atoms with E-state index in [1.54, 1.807) is 0 Å². The number of ether oxygens (including phenoxy) is 1. The summed E-state index contributed by atoms with van der Waals surface area (Å²) in [6.45, 7) is 0.696. The minimum Gasteiger partial charge on any atom is -0.870 e. The van der Waals surface area contributed by atoms with Crippen molar-refractivity contribution in [1.29, 1.82) is 0 Å². The Bertz CT molecular complexity index is 35.7. The molecule has 0 radical (unpaired) electrons. The van der Waals surface area contributed by atoms with Gasteiger partial charge >= 0.3 is 59.1 Å². The molecule has 0 bridgehead atoms. The summed E-state index contributed by atoms with van der Waals surface area (Å²) in [4.78, 5) is 0. The summed E-state index contributed by atoms with van der Waals surface area (Å²) in [5.74, 6) is 0. The molecule has 0 aliphatic carbocycles. The van der Waals surface area contributed by atoms with E-state index in [1.807, 2.05) is 0 Å². The van der Waals surface area contributed by atoms with Gasteiger partial charge in [-0.25, -0.2) is 0 Å². The first-order chi connectivity index (χ1) is 3.41. The summed E-state index contributed by atoms with van der Waals surface area (Å²) < 4.78 is 4.63. The maximum atomic E-state index is 8.09. The fourth-order valence-corrected chi connectivity index (χ4v) is 0.231. The molecule has 0 saturated heterocycles. The van der Waals surface area contributed by atoms with Crippen LogP contribution in [0.25, 0.3) is 0 Å². The van der Waals surface area contributed by atoms with Gasteiger partial charge in [-0.3, -0.25) is 0 Å². The quantitative estimate of drug-likeness (QED) is 0.335. The molecule has 60 valence electrons. The summed E-state index contributed by atoms with van der Waals surface area (Å²) in [5, 5.41) is 16.2. The second kappa shape index (κ2) is 29.8. The largest absolute Gasteiger partial charge is 1.00 e. The van der Waals surface area contributed by atoms with Gasteiger partial charge in [0, 0.05) is 0 Å². The molecule has 0 aliphatic rings. The average Bonchev–Trinajstić information content (AvgIpc) is 1.69. The molecule has 0 rings (SSSR count). The molecule has 0 aromatic carbocycles. The van der Waals surface area contributed by atoms with Crippen molar-refractivity contribution in [3.63, 3.8) is 0 Å². The molecule has 0 aromatic heterocycles. The Labute approximate surface area is 110 Å². The van der Waals surface area contributed by atoms with Crippen LogP contribution in [0.2, 0.25) is 0 Å². The maximum Gasteiger partial charge on any atom is 1.00 e. The number of hydrogen-bond acceptors (Lipinski definition) is 5. The number of aliphatic hydroxyl groups is 2. The van der Waals surface area contributed by atoms with Gasteiger partial charge in [-0.1, -0.05) is 0 Å². The van der Waals surface area contributed by atoms with Crippen molar-refractivity contribution in [2.24, 2.45) is 0 Å². The molecule has 11 heavy (non-hydrogen) atoms. The first-order valence-electron chi connectivity index (χ1n) is 2.21. The molecule has 0 spiro atoms. The minimum atomic E-state index is 0. The van der Waals surface area contributed by atoms with Gasteiger partial charge in [-0.2, -0.15) is 0 Å². The van der Waals surface area contributed by atoms with Crippen molar-refractivity contribution in [3.8, 4) is 0 Å². The molecule has 0 aromatic rings. The van der Waals surface area contributed by atoms with Gasteiger partial charge in [0.15, 0.2) is 0 Å². The van der Waals surface area contributed by atoms with Gasteiger partial charge in [0.1, 0.15) is 0 Å². The third kappa shape index (κ3) is 33.7. The Balaban J connectivity index is -0.0000000300. The molecule has 0 unspecified atom stereocenters. The monoisotopic (exact) mass is 186 g/mol. The number of hydrogen-bond donors (Lipinski definition) is 2. The fraction of sp³-hybridized carbons (Fsp3) is 1.00. The van der Waals surface area contributed by atoms with Crippen LogP contribution in [0.1, 0.15) is 0 Å². The first kappa shape index (κ1) is 29.3. The molecule has 0 saturated carbocycles. The zero-order chi connectivity index (χ0) is 5.54. The molecule has 0 heterocycles. The van der Waals surface area contributed by atoms with Crippen molar-refractivity contribution in [2.45, 2.75) is 0 Å². The zero-order valence-corrected chi connectivity index (χ0v) is 11.0. The molecule has 5 nitrogen and oxygen atoms in total. The van der Waals surface area contributed by atoms with E-state index in [1.165, 1.54) is 0 Å². The van der Waals surface area contributed by atoms with Crippen LogP contribution in [0.3, 0.4) is 0 Å². The van der Waals surface area contributed by atoms with E-state index in [9.17, 15) is 0 Å². The second-order valence-electron chi connectivity index (χ2n) is 1.06. The van der Waals surface area contributed by atoms with Crippen LogP contribution in [0.5, 0.6) is 0 Å². The van der Waals surface area contributed by atoms with Gasteiger partial charge in [-0.15, -0.1) is 0 Å². The van der Waals surface area contributed by atoms with Crippen LogP contribution in [0.4, 0.5) is 0 Å². The normalized spacial score (nSPS) is 6.00. The smallest absolute Gasteiger partial charge is 0.870 e. The standard InChI is InChI=1S/C4H10O3.2Na.2H2O/c5-1-3-7-4-2-6;;;;/h5-6H,1-4H2;;;2*1H2/q;2*+1;;/p-2. The molecule has 0 atom stereocenters. The number of rotatable bonds is 4. The Hall–Kier alpha value is 1.80. The molecular weight excluding hydrogens is 174 g/mol. The van der Waals surface area contributed by atoms with Gasteiger partial charge in [-0.05, 0) is 0 Å². The van der Waals surface area contributed by atoms with Crippen LogP contribution >= 0.6 is 0 Å². The summed E-state index contributed by atoms with van der Waals surface area (Å²) in [5.41, 5.74) is 0. The molecule has 7 heteroatoms. The molecule has 0 fully saturated rings. The van der Waals surface area contributed by atoms with E-state index in [0.717, 1.165) is 0 Å². The molecular formula is C4H12Na2O5. The predicted octanol–water partition coefficient (Wildman–Crippen LogP) is -7.36. The average molecular weight is 186 g/mol. The Morgan fingerprint density at radius 1 is 0.818 bits per heavy atom. The molecule has 4 N–H and O–H groups in total. The van der Waals surface area contributed by atoms with E-state index in [-0.39, 0.29) is 83.3 Å². The summed E-state index contributed by atoms with van der Waals surface area (Å²) >= 11 is 0. The van der Waals surface area contributed by atoms with Crippen LogP contribution in [-0.4, -0.2) is 47.6 Å². The van der Waals surface area contributed by atoms with E-state index in [4.69, 9.17) is 10.2 Å². The Morgan fingerprint density at radius 3 is 1.27 bits per heavy atom. The second-order valence-corrected chi connectivity index (χ2v) is 1.06. The van der Waals surface area contributed by atoms with Crippen LogP contribution in [0.15, 0.2) is 0 Å². The number of aliphatic hydroxyl groups excluding tert-OH is 2. The molecule has 0 amide bonds. The molecule has 0 aliphatic heterocycles. The van der Waals surface area contributed by atoms with E-state index in [2.05, 4.69) is 4.74 Å². The van der Waals surface area contributed by atoms with Gasteiger partial charge in [0.25, 0.3) is 0 Å². The van der Waals surface area contributed by atoms with Crippen LogP contribution in [0, 0.1) is 0 Å². The van der Waals surface area contributed by atoms with Gasteiger partial charge < -0.3 is 25.9 Å².